The fourth-order valence-corrected chi connectivity index (χ4v) is 2.11. The lowest BCUT2D eigenvalue weighted by atomic mass is 9.85. The van der Waals surface area contributed by atoms with Gasteiger partial charge in [0.1, 0.15) is 5.82 Å². The summed E-state index contributed by atoms with van der Waals surface area (Å²) in [4.78, 5) is 4.65. The van der Waals surface area contributed by atoms with Crippen molar-refractivity contribution in [1.82, 2.24) is 10.6 Å². The number of hydrogen-bond donors (Lipinski definition) is 2. The third kappa shape index (κ3) is 6.02. The smallest absolute Gasteiger partial charge is 0.191 e. The number of guanidine groups is 1. The zero-order valence-electron chi connectivity index (χ0n) is 14.2. The number of nitrogens with zero attached hydrogens (tertiary/aromatic N) is 1. The summed E-state index contributed by atoms with van der Waals surface area (Å²) in [5, 5.41) is 6.53. The molecule has 124 valence electrons. The standard InChI is InChI=1S/C17H28FN3O/c1-6-19-16(21-13(2)11-22-5)20-12-17(3,4)14-7-9-15(18)10-8-14/h7-10,13H,6,11-12H2,1-5H3,(H2,19,20,21). The van der Waals surface area contributed by atoms with Gasteiger partial charge >= 0.3 is 0 Å². The molecule has 5 heteroatoms. The molecule has 0 aliphatic carbocycles. The van der Waals surface area contributed by atoms with Crippen LogP contribution >= 0.6 is 0 Å². The second kappa shape index (κ2) is 8.73. The van der Waals surface area contributed by atoms with Crippen molar-refractivity contribution in [2.24, 2.45) is 4.99 Å². The molecule has 0 bridgehead atoms. The Morgan fingerprint density at radius 3 is 2.50 bits per heavy atom. The largest absolute Gasteiger partial charge is 0.383 e. The Hall–Kier alpha value is -1.62. The predicted octanol–water partition coefficient (Wildman–Crippen LogP) is 2.69. The Morgan fingerprint density at radius 2 is 1.95 bits per heavy atom. The second-order valence-corrected chi connectivity index (χ2v) is 6.09. The molecule has 1 aromatic carbocycles. The number of hydrogen-bond acceptors (Lipinski definition) is 2. The summed E-state index contributed by atoms with van der Waals surface area (Å²) < 4.78 is 18.2. The van der Waals surface area contributed by atoms with E-state index in [4.69, 9.17) is 4.74 Å². The quantitative estimate of drug-likeness (QED) is 0.601. The van der Waals surface area contributed by atoms with Crippen LogP contribution < -0.4 is 10.6 Å². The molecule has 0 spiro atoms. The van der Waals surface area contributed by atoms with Crippen molar-refractivity contribution >= 4 is 5.96 Å². The molecule has 22 heavy (non-hydrogen) atoms. The average Bonchev–Trinajstić information content (AvgIpc) is 2.46. The first-order chi connectivity index (χ1) is 10.4. The van der Waals surface area contributed by atoms with E-state index in [1.807, 2.05) is 26.0 Å². The van der Waals surface area contributed by atoms with Crippen molar-refractivity contribution in [3.8, 4) is 0 Å². The first kappa shape index (κ1) is 18.4. The molecule has 0 amide bonds. The van der Waals surface area contributed by atoms with Crippen LogP contribution in [0.15, 0.2) is 29.3 Å². The van der Waals surface area contributed by atoms with Crippen LogP contribution in [0.3, 0.4) is 0 Å². The van der Waals surface area contributed by atoms with E-state index in [1.54, 1.807) is 7.11 Å². The normalized spacial score (nSPS) is 13.8. The van der Waals surface area contributed by atoms with Gasteiger partial charge in [-0.15, -0.1) is 0 Å². The molecular formula is C17H28FN3O. The van der Waals surface area contributed by atoms with Crippen LogP contribution in [0.5, 0.6) is 0 Å². The Kier molecular flexibility index (Phi) is 7.32. The Morgan fingerprint density at radius 1 is 1.32 bits per heavy atom. The highest BCUT2D eigenvalue weighted by Crippen LogP contribution is 2.23. The number of aliphatic imine (C=N–C) groups is 1. The summed E-state index contributed by atoms with van der Waals surface area (Å²) in [5.74, 6) is 0.550. The highest BCUT2D eigenvalue weighted by atomic mass is 19.1. The first-order valence-corrected chi connectivity index (χ1v) is 7.69. The molecule has 4 nitrogen and oxygen atoms in total. The van der Waals surface area contributed by atoms with E-state index in [9.17, 15) is 4.39 Å². The van der Waals surface area contributed by atoms with Crippen molar-refractivity contribution in [3.63, 3.8) is 0 Å². The van der Waals surface area contributed by atoms with Gasteiger partial charge in [0, 0.05) is 25.1 Å². The van der Waals surface area contributed by atoms with Crippen LogP contribution in [0.25, 0.3) is 0 Å². The van der Waals surface area contributed by atoms with E-state index in [-0.39, 0.29) is 17.3 Å². The summed E-state index contributed by atoms with van der Waals surface area (Å²) in [6, 6.07) is 6.80. The lowest BCUT2D eigenvalue weighted by Crippen LogP contribution is -2.44. The number of ether oxygens (including phenoxy) is 1. The van der Waals surface area contributed by atoms with E-state index in [0.29, 0.717) is 13.2 Å². The average molecular weight is 309 g/mol. The maximum Gasteiger partial charge on any atom is 0.191 e. The molecule has 0 saturated heterocycles. The Labute approximate surface area is 133 Å². The molecule has 0 aliphatic rings. The zero-order valence-corrected chi connectivity index (χ0v) is 14.2. The molecule has 0 heterocycles. The van der Waals surface area contributed by atoms with Crippen LogP contribution in [0, 0.1) is 5.82 Å². The second-order valence-electron chi connectivity index (χ2n) is 6.09. The summed E-state index contributed by atoms with van der Waals surface area (Å²) in [5.41, 5.74) is 0.902. The van der Waals surface area contributed by atoms with Crippen LogP contribution in [-0.4, -0.2) is 38.8 Å². The molecule has 1 rings (SSSR count). The Balaban J connectivity index is 2.76. The molecule has 1 aromatic rings. The topological polar surface area (TPSA) is 45.7 Å². The predicted molar refractivity (Wildman–Crippen MR) is 89.9 cm³/mol. The van der Waals surface area contributed by atoms with Gasteiger partial charge in [-0.25, -0.2) is 4.39 Å². The van der Waals surface area contributed by atoms with Crippen LogP contribution in [-0.2, 0) is 10.2 Å². The minimum Gasteiger partial charge on any atom is -0.383 e. The fraction of sp³-hybridized carbons (Fsp3) is 0.588. The number of halogens is 1. The van der Waals surface area contributed by atoms with Gasteiger partial charge in [0.2, 0.25) is 0 Å². The van der Waals surface area contributed by atoms with E-state index in [0.717, 1.165) is 18.1 Å². The number of rotatable bonds is 7. The van der Waals surface area contributed by atoms with E-state index in [1.165, 1.54) is 12.1 Å². The van der Waals surface area contributed by atoms with Crippen LogP contribution in [0.4, 0.5) is 4.39 Å². The maximum atomic E-state index is 13.0. The van der Waals surface area contributed by atoms with Crippen molar-refractivity contribution in [2.45, 2.75) is 39.2 Å². The molecule has 0 aromatic heterocycles. The monoisotopic (exact) mass is 309 g/mol. The lowest BCUT2D eigenvalue weighted by molar-refractivity contribution is 0.179. The molecule has 2 N–H and O–H groups in total. The van der Waals surface area contributed by atoms with E-state index >= 15 is 0 Å². The van der Waals surface area contributed by atoms with Gasteiger partial charge in [0.05, 0.1) is 13.2 Å². The minimum absolute atomic E-state index is 0.166. The highest BCUT2D eigenvalue weighted by molar-refractivity contribution is 5.80. The SMILES string of the molecule is CCNC(=NCC(C)(C)c1ccc(F)cc1)NC(C)COC. The van der Waals surface area contributed by atoms with Gasteiger partial charge in [-0.1, -0.05) is 26.0 Å². The van der Waals surface area contributed by atoms with Gasteiger partial charge in [0.25, 0.3) is 0 Å². The lowest BCUT2D eigenvalue weighted by Gasteiger charge is -2.24. The molecule has 0 fully saturated rings. The third-order valence-corrected chi connectivity index (χ3v) is 3.40. The van der Waals surface area contributed by atoms with Gasteiger partial charge < -0.3 is 15.4 Å². The fourth-order valence-electron chi connectivity index (χ4n) is 2.11. The maximum absolute atomic E-state index is 13.0. The van der Waals surface area contributed by atoms with Gasteiger partial charge in [0.15, 0.2) is 5.96 Å². The van der Waals surface area contributed by atoms with Gasteiger partial charge in [-0.2, -0.15) is 0 Å². The number of nitrogens with one attached hydrogen (secondary N) is 2. The van der Waals surface area contributed by atoms with Gasteiger partial charge in [-0.3, -0.25) is 4.99 Å². The van der Waals surface area contributed by atoms with E-state index in [2.05, 4.69) is 29.5 Å². The summed E-state index contributed by atoms with van der Waals surface area (Å²) in [6.07, 6.45) is 0. The van der Waals surface area contributed by atoms with E-state index < -0.39 is 0 Å². The number of benzene rings is 1. The van der Waals surface area contributed by atoms with Crippen molar-refractivity contribution in [2.75, 3.05) is 26.8 Å². The Bertz CT molecular complexity index is 471. The zero-order chi connectivity index (χ0) is 16.6. The van der Waals surface area contributed by atoms with Gasteiger partial charge in [-0.05, 0) is 31.5 Å². The molecule has 1 atom stereocenters. The van der Waals surface area contributed by atoms with Crippen molar-refractivity contribution in [1.29, 1.82) is 0 Å². The highest BCUT2D eigenvalue weighted by Gasteiger charge is 2.20. The van der Waals surface area contributed by atoms with Crippen LogP contribution in [0.1, 0.15) is 33.3 Å². The van der Waals surface area contributed by atoms with Crippen molar-refractivity contribution < 1.29 is 9.13 Å². The van der Waals surface area contributed by atoms with Crippen LogP contribution in [0.2, 0.25) is 0 Å². The third-order valence-electron chi connectivity index (χ3n) is 3.40. The van der Waals surface area contributed by atoms with Crippen molar-refractivity contribution in [3.05, 3.63) is 35.6 Å². The molecule has 0 aliphatic heterocycles. The molecule has 0 radical (unpaired) electrons. The number of methoxy groups -OCH3 is 1. The summed E-state index contributed by atoms with van der Waals surface area (Å²) >= 11 is 0. The first-order valence-electron chi connectivity index (χ1n) is 7.69. The molecule has 1 unspecified atom stereocenters. The molecule has 0 saturated carbocycles. The summed E-state index contributed by atoms with van der Waals surface area (Å²) in [7, 11) is 1.68. The minimum atomic E-state index is -0.216. The summed E-state index contributed by atoms with van der Waals surface area (Å²) in [6.45, 7) is 10.3. The molecular weight excluding hydrogens is 281 g/mol.